The Morgan fingerprint density at radius 3 is 2.47 bits per heavy atom. The zero-order valence-corrected chi connectivity index (χ0v) is 11.8. The first-order valence-electron chi connectivity index (χ1n) is 6.92. The van der Waals surface area contributed by atoms with Crippen LogP contribution in [-0.2, 0) is 12.8 Å². The zero-order chi connectivity index (χ0) is 12.3. The Morgan fingerprint density at radius 2 is 1.76 bits per heavy atom. The third-order valence-corrected chi connectivity index (χ3v) is 4.20. The molecule has 0 saturated carbocycles. The molecule has 94 valence electrons. The Bertz CT molecular complexity index is 368. The molecule has 1 aromatic rings. The second-order valence-electron chi connectivity index (χ2n) is 5.67. The quantitative estimate of drug-likeness (QED) is 0.638. The Kier molecular flexibility index (Phi) is 4.50. The summed E-state index contributed by atoms with van der Waals surface area (Å²) in [6.45, 7) is 4.52. The van der Waals surface area contributed by atoms with Gasteiger partial charge in [-0.1, -0.05) is 32.0 Å². The average molecular weight is 251 g/mol. The van der Waals surface area contributed by atoms with Gasteiger partial charge >= 0.3 is 0 Å². The van der Waals surface area contributed by atoms with Crippen molar-refractivity contribution in [1.29, 1.82) is 0 Å². The molecule has 1 aromatic carbocycles. The number of halogens is 1. The molecule has 17 heavy (non-hydrogen) atoms. The number of alkyl halides is 1. The first-order chi connectivity index (χ1) is 8.16. The van der Waals surface area contributed by atoms with Gasteiger partial charge in [-0.3, -0.25) is 0 Å². The number of hydrogen-bond acceptors (Lipinski definition) is 0. The van der Waals surface area contributed by atoms with Crippen molar-refractivity contribution in [2.45, 2.75) is 57.7 Å². The van der Waals surface area contributed by atoms with Crippen molar-refractivity contribution in [3.05, 3.63) is 34.9 Å². The maximum absolute atomic E-state index is 6.49. The topological polar surface area (TPSA) is 0 Å². The van der Waals surface area contributed by atoms with Crippen LogP contribution in [0.4, 0.5) is 0 Å². The molecule has 1 unspecified atom stereocenters. The molecular weight excluding hydrogens is 228 g/mol. The number of aryl methyl sites for hydroxylation is 2. The molecule has 0 radical (unpaired) electrons. The van der Waals surface area contributed by atoms with E-state index in [2.05, 4.69) is 32.0 Å². The molecule has 2 rings (SSSR count). The molecule has 0 aliphatic heterocycles. The Morgan fingerprint density at radius 1 is 1.06 bits per heavy atom. The Labute approximate surface area is 110 Å². The van der Waals surface area contributed by atoms with Crippen molar-refractivity contribution >= 4 is 11.6 Å². The molecule has 1 atom stereocenters. The van der Waals surface area contributed by atoms with Crippen LogP contribution in [0.2, 0.25) is 0 Å². The molecule has 0 amide bonds. The summed E-state index contributed by atoms with van der Waals surface area (Å²) in [5.41, 5.74) is 4.42. The molecule has 0 N–H and O–H groups in total. The predicted molar refractivity (Wildman–Crippen MR) is 75.8 cm³/mol. The highest BCUT2D eigenvalue weighted by Gasteiger charge is 2.13. The standard InChI is InChI=1S/C16H23Cl/c1-12(2)7-10-16(17)15-9-8-13-5-3-4-6-14(13)11-15/h8-9,11-12,16H,3-7,10H2,1-2H3. The van der Waals surface area contributed by atoms with Gasteiger partial charge in [0.2, 0.25) is 0 Å². The highest BCUT2D eigenvalue weighted by Crippen LogP contribution is 2.31. The third-order valence-electron chi connectivity index (χ3n) is 3.73. The van der Waals surface area contributed by atoms with Gasteiger partial charge in [-0.25, -0.2) is 0 Å². The lowest BCUT2D eigenvalue weighted by Gasteiger charge is -2.18. The summed E-state index contributed by atoms with van der Waals surface area (Å²) in [6, 6.07) is 6.89. The minimum atomic E-state index is 0.199. The molecule has 0 nitrogen and oxygen atoms in total. The van der Waals surface area contributed by atoms with Crippen LogP contribution in [0.15, 0.2) is 18.2 Å². The van der Waals surface area contributed by atoms with Gasteiger partial charge in [-0.2, -0.15) is 0 Å². The van der Waals surface area contributed by atoms with Crippen LogP contribution >= 0.6 is 11.6 Å². The second-order valence-corrected chi connectivity index (χ2v) is 6.20. The van der Waals surface area contributed by atoms with E-state index in [4.69, 9.17) is 11.6 Å². The molecule has 1 aliphatic rings. The largest absolute Gasteiger partial charge is 0.118 e. The first kappa shape index (κ1) is 13.0. The van der Waals surface area contributed by atoms with Crippen molar-refractivity contribution in [3.8, 4) is 0 Å². The Hall–Kier alpha value is -0.490. The smallest absolute Gasteiger partial charge is 0.0585 e. The molecule has 1 heteroatoms. The average Bonchev–Trinajstić information content (AvgIpc) is 2.35. The van der Waals surface area contributed by atoms with Crippen molar-refractivity contribution in [1.82, 2.24) is 0 Å². The van der Waals surface area contributed by atoms with Crippen LogP contribution in [0.1, 0.15) is 61.6 Å². The highest BCUT2D eigenvalue weighted by molar-refractivity contribution is 6.20. The number of hydrogen-bond donors (Lipinski definition) is 0. The second kappa shape index (κ2) is 5.91. The van der Waals surface area contributed by atoms with E-state index in [0.29, 0.717) is 0 Å². The van der Waals surface area contributed by atoms with Gasteiger partial charge in [0.15, 0.2) is 0 Å². The fourth-order valence-corrected chi connectivity index (χ4v) is 2.86. The lowest BCUT2D eigenvalue weighted by atomic mass is 9.89. The Balaban J connectivity index is 2.05. The SMILES string of the molecule is CC(C)CCC(Cl)c1ccc2c(c1)CCCC2. The zero-order valence-electron chi connectivity index (χ0n) is 11.0. The molecular formula is C16H23Cl. The highest BCUT2D eigenvalue weighted by atomic mass is 35.5. The summed E-state index contributed by atoms with van der Waals surface area (Å²) in [4.78, 5) is 0. The fraction of sp³-hybridized carbons (Fsp3) is 0.625. The monoisotopic (exact) mass is 250 g/mol. The maximum atomic E-state index is 6.49. The molecule has 0 heterocycles. The third kappa shape index (κ3) is 3.48. The normalized spacial score (nSPS) is 16.9. The summed E-state index contributed by atoms with van der Waals surface area (Å²) in [7, 11) is 0. The molecule has 0 bridgehead atoms. The summed E-state index contributed by atoms with van der Waals surface area (Å²) in [6.07, 6.45) is 7.51. The molecule has 0 fully saturated rings. The van der Waals surface area contributed by atoms with E-state index in [1.807, 2.05) is 0 Å². The van der Waals surface area contributed by atoms with E-state index in [1.54, 1.807) is 11.1 Å². The van der Waals surface area contributed by atoms with Crippen molar-refractivity contribution in [3.63, 3.8) is 0 Å². The van der Waals surface area contributed by atoms with Crippen LogP contribution in [0.25, 0.3) is 0 Å². The van der Waals surface area contributed by atoms with Crippen molar-refractivity contribution < 1.29 is 0 Å². The minimum Gasteiger partial charge on any atom is -0.118 e. The summed E-state index contributed by atoms with van der Waals surface area (Å²) >= 11 is 6.49. The van der Waals surface area contributed by atoms with E-state index < -0.39 is 0 Å². The van der Waals surface area contributed by atoms with Crippen LogP contribution in [-0.4, -0.2) is 0 Å². The lowest BCUT2D eigenvalue weighted by molar-refractivity contribution is 0.549. The van der Waals surface area contributed by atoms with Crippen LogP contribution in [0.3, 0.4) is 0 Å². The van der Waals surface area contributed by atoms with Gasteiger partial charge in [0, 0.05) is 0 Å². The maximum Gasteiger partial charge on any atom is 0.0585 e. The number of fused-ring (bicyclic) bond motifs is 1. The van der Waals surface area contributed by atoms with E-state index in [1.165, 1.54) is 37.7 Å². The molecule has 0 spiro atoms. The van der Waals surface area contributed by atoms with E-state index in [9.17, 15) is 0 Å². The van der Waals surface area contributed by atoms with Crippen LogP contribution < -0.4 is 0 Å². The predicted octanol–water partition coefficient (Wildman–Crippen LogP) is 5.28. The number of rotatable bonds is 4. The molecule has 1 aliphatic carbocycles. The van der Waals surface area contributed by atoms with Crippen LogP contribution in [0.5, 0.6) is 0 Å². The van der Waals surface area contributed by atoms with Crippen LogP contribution in [0, 0.1) is 5.92 Å². The van der Waals surface area contributed by atoms with Gasteiger partial charge in [0.25, 0.3) is 0 Å². The first-order valence-corrected chi connectivity index (χ1v) is 7.36. The van der Waals surface area contributed by atoms with Crippen molar-refractivity contribution in [2.75, 3.05) is 0 Å². The van der Waals surface area contributed by atoms with Gasteiger partial charge < -0.3 is 0 Å². The van der Waals surface area contributed by atoms with E-state index in [-0.39, 0.29) is 5.38 Å². The molecule has 0 saturated heterocycles. The van der Waals surface area contributed by atoms with Gasteiger partial charge in [0.1, 0.15) is 0 Å². The van der Waals surface area contributed by atoms with Gasteiger partial charge in [0.05, 0.1) is 5.38 Å². The summed E-state index contributed by atoms with van der Waals surface area (Å²) in [5, 5.41) is 0.199. The van der Waals surface area contributed by atoms with Gasteiger partial charge in [-0.15, -0.1) is 11.6 Å². The number of benzene rings is 1. The lowest BCUT2D eigenvalue weighted by Crippen LogP contribution is -2.04. The van der Waals surface area contributed by atoms with E-state index >= 15 is 0 Å². The van der Waals surface area contributed by atoms with Gasteiger partial charge in [-0.05, 0) is 61.1 Å². The van der Waals surface area contributed by atoms with Crippen molar-refractivity contribution in [2.24, 2.45) is 5.92 Å². The minimum absolute atomic E-state index is 0.199. The fourth-order valence-electron chi connectivity index (χ4n) is 2.59. The van der Waals surface area contributed by atoms with E-state index in [0.717, 1.165) is 12.3 Å². The molecule has 0 aromatic heterocycles. The summed E-state index contributed by atoms with van der Waals surface area (Å²) in [5.74, 6) is 0.744. The summed E-state index contributed by atoms with van der Waals surface area (Å²) < 4.78 is 0.